The first kappa shape index (κ1) is 15.4. The summed E-state index contributed by atoms with van der Waals surface area (Å²) in [4.78, 5) is 10.5. The molecule has 0 aliphatic rings. The van der Waals surface area contributed by atoms with Gasteiger partial charge >= 0.3 is 0 Å². The smallest absolute Gasteiger partial charge is 0.229 e. The molecular formula is C16H21FN4. The first-order chi connectivity index (χ1) is 9.85. The quantitative estimate of drug-likeness (QED) is 0.937. The molecule has 1 heterocycles. The van der Waals surface area contributed by atoms with Gasteiger partial charge in [-0.05, 0) is 45.0 Å². The summed E-state index contributed by atoms with van der Waals surface area (Å²) < 4.78 is 12.9. The number of halogens is 1. The van der Waals surface area contributed by atoms with E-state index in [2.05, 4.69) is 36.1 Å². The van der Waals surface area contributed by atoms with Crippen molar-refractivity contribution in [2.24, 2.45) is 0 Å². The van der Waals surface area contributed by atoms with Gasteiger partial charge in [0, 0.05) is 42.8 Å². The maximum atomic E-state index is 12.9. The maximum absolute atomic E-state index is 12.9. The molecular weight excluding hydrogens is 267 g/mol. The lowest BCUT2D eigenvalue weighted by Crippen LogP contribution is -2.35. The first-order valence-electron chi connectivity index (χ1n) is 6.90. The molecule has 0 unspecified atom stereocenters. The highest BCUT2D eigenvalue weighted by molar-refractivity contribution is 5.55. The van der Waals surface area contributed by atoms with Gasteiger partial charge in [0.2, 0.25) is 5.95 Å². The van der Waals surface area contributed by atoms with Gasteiger partial charge in [-0.3, -0.25) is 0 Å². The van der Waals surface area contributed by atoms with Crippen molar-refractivity contribution in [2.75, 3.05) is 11.9 Å². The normalized spacial score (nSPS) is 11.5. The van der Waals surface area contributed by atoms with Gasteiger partial charge in [0.15, 0.2) is 0 Å². The minimum Gasteiger partial charge on any atom is -0.314 e. The molecule has 0 bridgehead atoms. The minimum atomic E-state index is -0.253. The van der Waals surface area contributed by atoms with Gasteiger partial charge in [0.05, 0.1) is 0 Å². The van der Waals surface area contributed by atoms with Crippen LogP contribution < -0.4 is 10.2 Å². The number of nitrogens with zero attached hydrogens (tertiary/aromatic N) is 3. The average molecular weight is 288 g/mol. The van der Waals surface area contributed by atoms with Crippen LogP contribution in [0.1, 0.15) is 26.3 Å². The molecule has 1 aromatic heterocycles. The Morgan fingerprint density at radius 3 is 2.19 bits per heavy atom. The van der Waals surface area contributed by atoms with Crippen LogP contribution in [-0.2, 0) is 6.54 Å². The van der Waals surface area contributed by atoms with Crippen LogP contribution in [0.25, 0.3) is 0 Å². The van der Waals surface area contributed by atoms with Crippen LogP contribution in [0.5, 0.6) is 0 Å². The van der Waals surface area contributed by atoms with Gasteiger partial charge in [-0.15, -0.1) is 0 Å². The SMILES string of the molecule is CN(c1ccc(F)cc1)c1ncc(CNC(C)(C)C)cn1. The largest absolute Gasteiger partial charge is 0.314 e. The lowest BCUT2D eigenvalue weighted by Gasteiger charge is -2.21. The van der Waals surface area contributed by atoms with Crippen molar-refractivity contribution in [3.05, 3.63) is 48.0 Å². The molecule has 2 rings (SSSR count). The Morgan fingerprint density at radius 1 is 1.10 bits per heavy atom. The summed E-state index contributed by atoms with van der Waals surface area (Å²) in [7, 11) is 1.86. The first-order valence-corrected chi connectivity index (χ1v) is 6.90. The fourth-order valence-electron chi connectivity index (χ4n) is 1.76. The summed E-state index contributed by atoms with van der Waals surface area (Å²) in [6.07, 6.45) is 3.61. The number of anilines is 2. The third kappa shape index (κ3) is 4.49. The van der Waals surface area contributed by atoms with Crippen molar-refractivity contribution in [3.8, 4) is 0 Å². The number of aromatic nitrogens is 2. The van der Waals surface area contributed by atoms with Crippen molar-refractivity contribution in [1.82, 2.24) is 15.3 Å². The Kier molecular flexibility index (Phi) is 4.53. The van der Waals surface area contributed by atoms with E-state index in [9.17, 15) is 4.39 Å². The molecule has 1 N–H and O–H groups in total. The Balaban J connectivity index is 2.06. The van der Waals surface area contributed by atoms with E-state index in [1.165, 1.54) is 12.1 Å². The van der Waals surface area contributed by atoms with Crippen molar-refractivity contribution >= 4 is 11.6 Å². The van der Waals surface area contributed by atoms with Crippen LogP contribution >= 0.6 is 0 Å². The Bertz CT molecular complexity index is 573. The molecule has 2 aromatic rings. The Labute approximate surface area is 125 Å². The molecule has 21 heavy (non-hydrogen) atoms. The molecule has 0 radical (unpaired) electrons. The second-order valence-electron chi connectivity index (χ2n) is 6.03. The molecule has 5 heteroatoms. The highest BCUT2D eigenvalue weighted by Crippen LogP contribution is 2.19. The molecule has 0 spiro atoms. The van der Waals surface area contributed by atoms with E-state index >= 15 is 0 Å². The van der Waals surface area contributed by atoms with Crippen LogP contribution in [0.15, 0.2) is 36.7 Å². The minimum absolute atomic E-state index is 0.0591. The van der Waals surface area contributed by atoms with Crippen LogP contribution in [-0.4, -0.2) is 22.6 Å². The Hall–Kier alpha value is -2.01. The van der Waals surface area contributed by atoms with Crippen LogP contribution in [0.4, 0.5) is 16.0 Å². The van der Waals surface area contributed by atoms with E-state index in [0.717, 1.165) is 17.8 Å². The van der Waals surface area contributed by atoms with Gasteiger partial charge < -0.3 is 10.2 Å². The zero-order valence-electron chi connectivity index (χ0n) is 12.9. The topological polar surface area (TPSA) is 41.1 Å². The second-order valence-corrected chi connectivity index (χ2v) is 6.03. The summed E-state index contributed by atoms with van der Waals surface area (Å²) in [5.41, 5.74) is 1.93. The molecule has 0 fully saturated rings. The summed E-state index contributed by atoms with van der Waals surface area (Å²) in [6.45, 7) is 7.07. The molecule has 0 amide bonds. The van der Waals surface area contributed by atoms with E-state index in [0.29, 0.717) is 5.95 Å². The van der Waals surface area contributed by atoms with Crippen LogP contribution in [0.3, 0.4) is 0 Å². The zero-order valence-corrected chi connectivity index (χ0v) is 12.9. The lowest BCUT2D eigenvalue weighted by molar-refractivity contribution is 0.423. The number of benzene rings is 1. The highest BCUT2D eigenvalue weighted by atomic mass is 19.1. The molecule has 0 saturated heterocycles. The molecule has 0 saturated carbocycles. The summed E-state index contributed by atoms with van der Waals surface area (Å²) in [6, 6.07) is 6.25. The van der Waals surface area contributed by atoms with Crippen molar-refractivity contribution in [2.45, 2.75) is 32.9 Å². The molecule has 112 valence electrons. The van der Waals surface area contributed by atoms with Gasteiger partial charge in [-0.1, -0.05) is 0 Å². The summed E-state index contributed by atoms with van der Waals surface area (Å²) >= 11 is 0. The van der Waals surface area contributed by atoms with Crippen molar-refractivity contribution in [3.63, 3.8) is 0 Å². The monoisotopic (exact) mass is 288 g/mol. The van der Waals surface area contributed by atoms with Crippen molar-refractivity contribution in [1.29, 1.82) is 0 Å². The Morgan fingerprint density at radius 2 is 1.67 bits per heavy atom. The van der Waals surface area contributed by atoms with Crippen LogP contribution in [0.2, 0.25) is 0 Å². The molecule has 1 aromatic carbocycles. The maximum Gasteiger partial charge on any atom is 0.229 e. The zero-order chi connectivity index (χ0) is 15.5. The molecule has 4 nitrogen and oxygen atoms in total. The summed E-state index contributed by atoms with van der Waals surface area (Å²) in [5, 5.41) is 3.39. The predicted molar refractivity (Wildman–Crippen MR) is 83.1 cm³/mol. The van der Waals surface area contributed by atoms with Crippen LogP contribution in [0, 0.1) is 5.82 Å². The third-order valence-corrected chi connectivity index (χ3v) is 3.03. The number of rotatable bonds is 4. The standard InChI is InChI=1S/C16H21FN4/c1-16(2,3)20-11-12-9-18-15(19-10-12)21(4)14-7-5-13(17)6-8-14/h5-10,20H,11H2,1-4H3. The fraction of sp³-hybridized carbons (Fsp3) is 0.375. The number of hydrogen-bond donors (Lipinski definition) is 1. The van der Waals surface area contributed by atoms with Gasteiger partial charge in [-0.25, -0.2) is 14.4 Å². The summed E-state index contributed by atoms with van der Waals surface area (Å²) in [5.74, 6) is 0.331. The molecule has 0 atom stereocenters. The van der Waals surface area contributed by atoms with Crippen molar-refractivity contribution < 1.29 is 4.39 Å². The number of nitrogens with one attached hydrogen (secondary N) is 1. The average Bonchev–Trinajstić information content (AvgIpc) is 2.45. The van der Waals surface area contributed by atoms with E-state index < -0.39 is 0 Å². The van der Waals surface area contributed by atoms with E-state index in [4.69, 9.17) is 0 Å². The van der Waals surface area contributed by atoms with E-state index in [-0.39, 0.29) is 11.4 Å². The van der Waals surface area contributed by atoms with Gasteiger partial charge in [0.25, 0.3) is 0 Å². The third-order valence-electron chi connectivity index (χ3n) is 3.03. The van der Waals surface area contributed by atoms with E-state index in [1.807, 2.05) is 11.9 Å². The van der Waals surface area contributed by atoms with Gasteiger partial charge in [0.1, 0.15) is 5.82 Å². The fourth-order valence-corrected chi connectivity index (χ4v) is 1.76. The molecule has 0 aliphatic carbocycles. The predicted octanol–water partition coefficient (Wildman–Crippen LogP) is 3.27. The van der Waals surface area contributed by atoms with E-state index in [1.54, 1.807) is 24.5 Å². The second kappa shape index (κ2) is 6.18. The van der Waals surface area contributed by atoms with Gasteiger partial charge in [-0.2, -0.15) is 0 Å². The molecule has 0 aliphatic heterocycles. The highest BCUT2D eigenvalue weighted by Gasteiger charge is 2.10. The lowest BCUT2D eigenvalue weighted by atomic mass is 10.1. The number of hydrogen-bond acceptors (Lipinski definition) is 4.